The number of hydrogen-bond donors (Lipinski definition) is 3. The largest absolute Gasteiger partial charge is 0.394 e. The Morgan fingerprint density at radius 1 is 1.22 bits per heavy atom. The molecule has 3 aromatic rings. The molecule has 1 aliphatic rings. The smallest absolute Gasteiger partial charge is 0.254 e. The van der Waals surface area contributed by atoms with E-state index in [4.69, 9.17) is 10.5 Å². The summed E-state index contributed by atoms with van der Waals surface area (Å²) in [7, 11) is -3.74. The Morgan fingerprint density at radius 2 is 1.95 bits per heavy atom. The number of carbonyl (C=O) groups is 1. The van der Waals surface area contributed by atoms with Gasteiger partial charge in [-0.3, -0.25) is 4.79 Å². The second kappa shape index (κ2) is 10.9. The molecular weight excluding hydrogens is 506 g/mol. The lowest BCUT2D eigenvalue weighted by Gasteiger charge is -2.22. The summed E-state index contributed by atoms with van der Waals surface area (Å²) in [5.41, 5.74) is 7.02. The molecule has 1 amide bonds. The van der Waals surface area contributed by atoms with Crippen molar-refractivity contribution in [3.8, 4) is 11.3 Å². The maximum absolute atomic E-state index is 15.0. The zero-order valence-corrected chi connectivity index (χ0v) is 20.8. The summed E-state index contributed by atoms with van der Waals surface area (Å²) in [4.78, 5) is 21.3. The van der Waals surface area contributed by atoms with Crippen LogP contribution in [0.4, 0.5) is 14.6 Å². The molecule has 4 rings (SSSR count). The minimum atomic E-state index is -3.74. The number of sulfone groups is 1. The highest BCUT2D eigenvalue weighted by atomic mass is 32.2. The molecule has 2 aromatic carbocycles. The molecule has 9 nitrogen and oxygen atoms in total. The van der Waals surface area contributed by atoms with E-state index in [1.54, 1.807) is 6.20 Å². The summed E-state index contributed by atoms with van der Waals surface area (Å²) in [5.74, 6) is -2.36. The van der Waals surface area contributed by atoms with E-state index in [0.29, 0.717) is 18.8 Å². The number of anilines is 1. The Balaban J connectivity index is 1.58. The molecule has 0 saturated carbocycles. The van der Waals surface area contributed by atoms with Crippen LogP contribution in [0.15, 0.2) is 47.5 Å². The van der Waals surface area contributed by atoms with Gasteiger partial charge in [0.15, 0.2) is 9.84 Å². The molecule has 196 valence electrons. The van der Waals surface area contributed by atoms with Crippen molar-refractivity contribution in [3.63, 3.8) is 0 Å². The van der Waals surface area contributed by atoms with Crippen molar-refractivity contribution in [2.45, 2.75) is 29.7 Å². The average Bonchev–Trinajstić information content (AvgIpc) is 2.87. The molecule has 1 aromatic heterocycles. The number of nitrogens with one attached hydrogen (secondary N) is 1. The fourth-order valence-electron chi connectivity index (χ4n) is 4.13. The lowest BCUT2D eigenvalue weighted by Crippen LogP contribution is -2.31. The van der Waals surface area contributed by atoms with E-state index in [1.165, 1.54) is 12.1 Å². The molecule has 1 fully saturated rings. The molecule has 0 aliphatic carbocycles. The lowest BCUT2D eigenvalue weighted by atomic mass is 9.96. The standard InChI is InChI=1S/C25H26F2N4O5S/c1-37(34,35)18-9-16(8-17(26)11-18)22(13-32)31-25(33)19-3-2-15(10-20(19)27)23-24(28)29-12-21(30-23)14-4-6-36-7-5-14/h2-3,8-12,14,22,32H,4-7,13H2,1H3,(H2,28,29)(H,31,33)/t22-/m1/s1. The number of aliphatic hydroxyl groups excluding tert-OH is 1. The van der Waals surface area contributed by atoms with E-state index in [1.807, 2.05) is 0 Å². The molecule has 0 radical (unpaired) electrons. The third kappa shape index (κ3) is 6.09. The Kier molecular flexibility index (Phi) is 7.81. The molecule has 2 heterocycles. The van der Waals surface area contributed by atoms with Gasteiger partial charge in [0.25, 0.3) is 5.91 Å². The van der Waals surface area contributed by atoms with Gasteiger partial charge in [-0.25, -0.2) is 27.2 Å². The molecule has 0 unspecified atom stereocenters. The highest BCUT2D eigenvalue weighted by Gasteiger charge is 2.23. The van der Waals surface area contributed by atoms with Crippen molar-refractivity contribution >= 4 is 21.6 Å². The number of hydrogen-bond acceptors (Lipinski definition) is 8. The highest BCUT2D eigenvalue weighted by molar-refractivity contribution is 7.90. The number of halogens is 2. The number of nitrogens with zero attached hydrogens (tertiary/aromatic N) is 2. The summed E-state index contributed by atoms with van der Waals surface area (Å²) in [6.45, 7) is 0.554. The predicted molar refractivity (Wildman–Crippen MR) is 131 cm³/mol. The van der Waals surface area contributed by atoms with Crippen LogP contribution in [-0.4, -0.2) is 55.5 Å². The van der Waals surface area contributed by atoms with Gasteiger partial charge in [-0.2, -0.15) is 0 Å². The fourth-order valence-corrected chi connectivity index (χ4v) is 4.81. The molecule has 37 heavy (non-hydrogen) atoms. The van der Waals surface area contributed by atoms with Crippen LogP contribution in [0.5, 0.6) is 0 Å². The van der Waals surface area contributed by atoms with Crippen LogP contribution in [0, 0.1) is 11.6 Å². The first-order valence-electron chi connectivity index (χ1n) is 11.5. The number of carbonyl (C=O) groups excluding carboxylic acids is 1. The molecule has 1 atom stereocenters. The van der Waals surface area contributed by atoms with Crippen LogP contribution in [0.2, 0.25) is 0 Å². The maximum Gasteiger partial charge on any atom is 0.254 e. The maximum atomic E-state index is 15.0. The number of nitrogen functional groups attached to an aromatic ring is 1. The number of aliphatic hydroxyl groups is 1. The molecule has 4 N–H and O–H groups in total. The number of rotatable bonds is 7. The minimum Gasteiger partial charge on any atom is -0.394 e. The van der Waals surface area contributed by atoms with E-state index in [9.17, 15) is 22.7 Å². The van der Waals surface area contributed by atoms with E-state index < -0.39 is 40.0 Å². The van der Waals surface area contributed by atoms with Crippen LogP contribution in [0.1, 0.15) is 46.4 Å². The van der Waals surface area contributed by atoms with Gasteiger partial charge in [0.2, 0.25) is 0 Å². The normalized spacial score (nSPS) is 15.4. The van der Waals surface area contributed by atoms with Crippen molar-refractivity contribution in [2.24, 2.45) is 0 Å². The van der Waals surface area contributed by atoms with Crippen molar-refractivity contribution in [2.75, 3.05) is 31.8 Å². The van der Waals surface area contributed by atoms with Gasteiger partial charge in [-0.15, -0.1) is 0 Å². The van der Waals surface area contributed by atoms with Crippen molar-refractivity contribution < 1.29 is 31.8 Å². The molecule has 12 heteroatoms. The van der Waals surface area contributed by atoms with Crippen molar-refractivity contribution in [1.82, 2.24) is 15.3 Å². The van der Waals surface area contributed by atoms with Gasteiger partial charge in [-0.1, -0.05) is 6.07 Å². The molecular formula is C25H26F2N4O5S. The molecule has 1 aliphatic heterocycles. The average molecular weight is 533 g/mol. The van der Waals surface area contributed by atoms with Crippen molar-refractivity contribution in [1.29, 1.82) is 0 Å². The van der Waals surface area contributed by atoms with Gasteiger partial charge in [0.1, 0.15) is 23.1 Å². The SMILES string of the molecule is CS(=O)(=O)c1cc(F)cc([C@@H](CO)NC(=O)c2ccc(-c3nc(C4CCOCC4)cnc3N)cc2F)c1. The Hall–Kier alpha value is -3.48. The summed E-state index contributed by atoms with van der Waals surface area (Å²) < 4.78 is 58.1. The number of ether oxygens (including phenoxy) is 1. The van der Waals surface area contributed by atoms with Crippen molar-refractivity contribution in [3.05, 3.63) is 71.1 Å². The van der Waals surface area contributed by atoms with Crippen LogP contribution in [-0.2, 0) is 14.6 Å². The first-order valence-corrected chi connectivity index (χ1v) is 13.4. The van der Waals surface area contributed by atoms with Crippen LogP contribution in [0.3, 0.4) is 0 Å². The number of amides is 1. The molecule has 0 bridgehead atoms. The van der Waals surface area contributed by atoms with E-state index >= 15 is 4.39 Å². The molecule has 1 saturated heterocycles. The third-order valence-corrected chi connectivity index (χ3v) is 7.25. The van der Waals surface area contributed by atoms with E-state index in [-0.39, 0.29) is 33.5 Å². The molecule has 0 spiro atoms. The summed E-state index contributed by atoms with van der Waals surface area (Å²) in [6.07, 6.45) is 4.08. The number of nitrogens with two attached hydrogens (primary N) is 1. The fraction of sp³-hybridized carbons (Fsp3) is 0.320. The van der Waals surface area contributed by atoms with Crippen LogP contribution in [0.25, 0.3) is 11.3 Å². The van der Waals surface area contributed by atoms with Gasteiger partial charge in [-0.05, 0) is 48.7 Å². The topological polar surface area (TPSA) is 144 Å². The predicted octanol–water partition coefficient (Wildman–Crippen LogP) is 2.76. The van der Waals surface area contributed by atoms with Crippen LogP contribution < -0.4 is 11.1 Å². The summed E-state index contributed by atoms with van der Waals surface area (Å²) >= 11 is 0. The Bertz CT molecular complexity index is 1430. The zero-order chi connectivity index (χ0) is 26.7. The first kappa shape index (κ1) is 26.6. The zero-order valence-electron chi connectivity index (χ0n) is 19.9. The van der Waals surface area contributed by atoms with Gasteiger partial charge in [0, 0.05) is 31.0 Å². The monoisotopic (exact) mass is 532 g/mol. The summed E-state index contributed by atoms with van der Waals surface area (Å²) in [6, 6.07) is 5.61. The number of aromatic nitrogens is 2. The second-order valence-corrected chi connectivity index (χ2v) is 10.8. The lowest BCUT2D eigenvalue weighted by molar-refractivity contribution is 0.0844. The third-order valence-electron chi connectivity index (χ3n) is 6.16. The van der Waals surface area contributed by atoms with E-state index in [0.717, 1.165) is 49.1 Å². The van der Waals surface area contributed by atoms with Gasteiger partial charge in [0.05, 0.1) is 35.0 Å². The van der Waals surface area contributed by atoms with Gasteiger partial charge >= 0.3 is 0 Å². The van der Waals surface area contributed by atoms with Crippen LogP contribution >= 0.6 is 0 Å². The first-order chi connectivity index (χ1) is 17.6. The number of benzene rings is 2. The summed E-state index contributed by atoms with van der Waals surface area (Å²) in [5, 5.41) is 12.2. The minimum absolute atomic E-state index is 0.0151. The van der Waals surface area contributed by atoms with Gasteiger partial charge < -0.3 is 20.9 Å². The highest BCUT2D eigenvalue weighted by Crippen LogP contribution is 2.30. The van der Waals surface area contributed by atoms with E-state index in [2.05, 4.69) is 15.3 Å². The Morgan fingerprint density at radius 3 is 2.59 bits per heavy atom. The quantitative estimate of drug-likeness (QED) is 0.421. The Labute approximate surface area is 212 Å². The second-order valence-electron chi connectivity index (χ2n) is 8.81.